The molecular formula is C14H18ClN3O. The maximum Gasteiger partial charge on any atom is 0.160 e. The van der Waals surface area contributed by atoms with Gasteiger partial charge in [-0.15, -0.1) is 11.6 Å². The zero-order chi connectivity index (χ0) is 13.4. The van der Waals surface area contributed by atoms with E-state index in [2.05, 4.69) is 21.5 Å². The molecule has 2 aromatic heterocycles. The minimum absolute atomic E-state index is 0.126. The molecule has 0 N–H and O–H groups in total. The molecule has 3 atom stereocenters. The highest BCUT2D eigenvalue weighted by Crippen LogP contribution is 2.33. The smallest absolute Gasteiger partial charge is 0.160 e. The molecule has 0 spiro atoms. The van der Waals surface area contributed by atoms with Crippen molar-refractivity contribution in [3.05, 3.63) is 24.2 Å². The Morgan fingerprint density at radius 2 is 2.32 bits per heavy atom. The molecule has 1 saturated heterocycles. The molecule has 3 rings (SSSR count). The lowest BCUT2D eigenvalue weighted by atomic mass is 10.0. The highest BCUT2D eigenvalue weighted by molar-refractivity contribution is 6.20. The molecule has 1 aliphatic heterocycles. The maximum atomic E-state index is 6.29. The standard InChI is InChI=1S/C14H18ClN3O/c1-9(15)13-17-12-4-3-6-16-14(12)18(13)10(2)11-5-7-19-8-11/h3-4,6,9-11H,5,7-8H2,1-2H3. The van der Waals surface area contributed by atoms with Crippen molar-refractivity contribution >= 4 is 22.8 Å². The van der Waals surface area contributed by atoms with Crippen LogP contribution in [0.15, 0.2) is 18.3 Å². The van der Waals surface area contributed by atoms with Crippen molar-refractivity contribution in [1.82, 2.24) is 14.5 Å². The van der Waals surface area contributed by atoms with Crippen LogP contribution in [0, 0.1) is 5.92 Å². The lowest BCUT2D eigenvalue weighted by molar-refractivity contribution is 0.175. The number of fused-ring (bicyclic) bond motifs is 1. The number of hydrogen-bond donors (Lipinski definition) is 0. The van der Waals surface area contributed by atoms with Gasteiger partial charge in [0.1, 0.15) is 11.3 Å². The second kappa shape index (κ2) is 5.10. The van der Waals surface area contributed by atoms with Crippen LogP contribution in [0.4, 0.5) is 0 Å². The summed E-state index contributed by atoms with van der Waals surface area (Å²) in [5.74, 6) is 1.41. The molecule has 0 aromatic carbocycles. The van der Waals surface area contributed by atoms with Crippen LogP contribution in [0.3, 0.4) is 0 Å². The van der Waals surface area contributed by atoms with Gasteiger partial charge in [-0.05, 0) is 32.4 Å². The van der Waals surface area contributed by atoms with E-state index in [-0.39, 0.29) is 5.38 Å². The van der Waals surface area contributed by atoms with Crippen molar-refractivity contribution in [2.45, 2.75) is 31.7 Å². The monoisotopic (exact) mass is 279 g/mol. The topological polar surface area (TPSA) is 39.9 Å². The number of rotatable bonds is 3. The molecule has 3 unspecified atom stereocenters. The van der Waals surface area contributed by atoms with E-state index in [1.165, 1.54) is 0 Å². The molecule has 5 heteroatoms. The van der Waals surface area contributed by atoms with E-state index in [1.54, 1.807) is 6.20 Å². The summed E-state index contributed by atoms with van der Waals surface area (Å²) in [7, 11) is 0. The molecule has 4 nitrogen and oxygen atoms in total. The van der Waals surface area contributed by atoms with Gasteiger partial charge < -0.3 is 9.30 Å². The van der Waals surface area contributed by atoms with Crippen LogP contribution in [0.1, 0.15) is 37.5 Å². The number of nitrogens with zero attached hydrogens (tertiary/aromatic N) is 3. The lowest BCUT2D eigenvalue weighted by Crippen LogP contribution is -2.19. The Labute approximate surface area is 117 Å². The van der Waals surface area contributed by atoms with Gasteiger partial charge in [-0.25, -0.2) is 9.97 Å². The number of halogens is 1. The Balaban J connectivity index is 2.11. The third-order valence-electron chi connectivity index (χ3n) is 3.89. The van der Waals surface area contributed by atoms with E-state index < -0.39 is 0 Å². The van der Waals surface area contributed by atoms with Gasteiger partial charge in [0.25, 0.3) is 0 Å². The van der Waals surface area contributed by atoms with E-state index in [9.17, 15) is 0 Å². The first-order valence-corrected chi connectivity index (χ1v) is 7.16. The van der Waals surface area contributed by atoms with Crippen molar-refractivity contribution in [1.29, 1.82) is 0 Å². The zero-order valence-electron chi connectivity index (χ0n) is 11.2. The predicted octanol–water partition coefficient (Wildman–Crippen LogP) is 3.33. The summed E-state index contributed by atoms with van der Waals surface area (Å²) >= 11 is 6.29. The molecule has 0 radical (unpaired) electrons. The van der Waals surface area contributed by atoms with Gasteiger partial charge in [0, 0.05) is 24.8 Å². The Kier molecular flexibility index (Phi) is 3.46. The normalized spacial score (nSPS) is 22.8. The van der Waals surface area contributed by atoms with E-state index in [0.717, 1.165) is 36.6 Å². The molecule has 3 heterocycles. The fraction of sp³-hybridized carbons (Fsp3) is 0.571. The average Bonchev–Trinajstić information content (AvgIpc) is 3.05. The van der Waals surface area contributed by atoms with Crippen molar-refractivity contribution < 1.29 is 4.74 Å². The third-order valence-corrected chi connectivity index (χ3v) is 4.08. The van der Waals surface area contributed by atoms with Gasteiger partial charge in [0.05, 0.1) is 12.0 Å². The van der Waals surface area contributed by atoms with Gasteiger partial charge in [0.2, 0.25) is 0 Å². The highest BCUT2D eigenvalue weighted by atomic mass is 35.5. The van der Waals surface area contributed by atoms with Crippen LogP contribution >= 0.6 is 11.6 Å². The van der Waals surface area contributed by atoms with Crippen LogP contribution < -0.4 is 0 Å². The van der Waals surface area contributed by atoms with Crippen molar-refractivity contribution in [2.75, 3.05) is 13.2 Å². The fourth-order valence-corrected chi connectivity index (χ4v) is 2.93. The summed E-state index contributed by atoms with van der Waals surface area (Å²) in [5, 5.41) is -0.126. The third kappa shape index (κ3) is 2.23. The number of pyridine rings is 1. The SMILES string of the molecule is CC(Cl)c1nc2cccnc2n1C(C)C1CCOC1. The molecule has 0 aliphatic carbocycles. The Hall–Kier alpha value is -1.13. The van der Waals surface area contributed by atoms with Crippen LogP contribution in [-0.4, -0.2) is 27.7 Å². The second-order valence-electron chi connectivity index (χ2n) is 5.17. The number of aromatic nitrogens is 3. The van der Waals surface area contributed by atoms with Crippen LogP contribution in [-0.2, 0) is 4.74 Å². The minimum atomic E-state index is -0.126. The van der Waals surface area contributed by atoms with E-state index in [0.29, 0.717) is 12.0 Å². The predicted molar refractivity (Wildman–Crippen MR) is 75.4 cm³/mol. The Morgan fingerprint density at radius 3 is 3.00 bits per heavy atom. The maximum absolute atomic E-state index is 6.29. The first kappa shape index (κ1) is 12.9. The van der Waals surface area contributed by atoms with Crippen LogP contribution in [0.5, 0.6) is 0 Å². The molecule has 0 saturated carbocycles. The number of hydrogen-bond acceptors (Lipinski definition) is 3. The second-order valence-corrected chi connectivity index (χ2v) is 5.82. The van der Waals surface area contributed by atoms with Gasteiger partial charge in [-0.1, -0.05) is 0 Å². The first-order valence-electron chi connectivity index (χ1n) is 6.73. The van der Waals surface area contributed by atoms with E-state index >= 15 is 0 Å². The molecule has 2 aromatic rings. The van der Waals surface area contributed by atoms with Crippen molar-refractivity contribution in [3.8, 4) is 0 Å². The molecule has 102 valence electrons. The van der Waals surface area contributed by atoms with Gasteiger partial charge in [0.15, 0.2) is 5.65 Å². The summed E-state index contributed by atoms with van der Waals surface area (Å²) in [4.78, 5) is 9.11. The molecule has 1 aliphatic rings. The minimum Gasteiger partial charge on any atom is -0.381 e. The molecule has 0 amide bonds. The average molecular weight is 280 g/mol. The number of ether oxygens (including phenoxy) is 1. The number of imidazole rings is 1. The Morgan fingerprint density at radius 1 is 1.47 bits per heavy atom. The number of alkyl halides is 1. The van der Waals surface area contributed by atoms with Crippen molar-refractivity contribution in [3.63, 3.8) is 0 Å². The fourth-order valence-electron chi connectivity index (χ4n) is 2.77. The molecular weight excluding hydrogens is 262 g/mol. The quantitative estimate of drug-likeness (QED) is 0.809. The van der Waals surface area contributed by atoms with Gasteiger partial charge >= 0.3 is 0 Å². The molecule has 1 fully saturated rings. The lowest BCUT2D eigenvalue weighted by Gasteiger charge is -2.22. The summed E-state index contributed by atoms with van der Waals surface area (Å²) in [5.41, 5.74) is 1.83. The van der Waals surface area contributed by atoms with E-state index in [4.69, 9.17) is 16.3 Å². The largest absolute Gasteiger partial charge is 0.381 e. The highest BCUT2D eigenvalue weighted by Gasteiger charge is 2.28. The molecule has 0 bridgehead atoms. The van der Waals surface area contributed by atoms with Crippen LogP contribution in [0.2, 0.25) is 0 Å². The van der Waals surface area contributed by atoms with Gasteiger partial charge in [-0.2, -0.15) is 0 Å². The summed E-state index contributed by atoms with van der Waals surface area (Å²) in [6, 6.07) is 4.20. The summed E-state index contributed by atoms with van der Waals surface area (Å²) in [6.45, 7) is 5.82. The van der Waals surface area contributed by atoms with E-state index in [1.807, 2.05) is 19.1 Å². The first-order chi connectivity index (χ1) is 9.18. The summed E-state index contributed by atoms with van der Waals surface area (Å²) in [6.07, 6.45) is 2.89. The Bertz CT molecular complexity index is 575. The molecule has 19 heavy (non-hydrogen) atoms. The van der Waals surface area contributed by atoms with Gasteiger partial charge in [-0.3, -0.25) is 0 Å². The summed E-state index contributed by atoms with van der Waals surface area (Å²) < 4.78 is 7.69. The van der Waals surface area contributed by atoms with Crippen molar-refractivity contribution in [2.24, 2.45) is 5.92 Å². The van der Waals surface area contributed by atoms with Crippen LogP contribution in [0.25, 0.3) is 11.2 Å². The zero-order valence-corrected chi connectivity index (χ0v) is 12.0.